The number of ketones is 1. The van der Waals surface area contributed by atoms with Gasteiger partial charge in [-0.2, -0.15) is 10.1 Å². The molecule has 0 unspecified atom stereocenters. The van der Waals surface area contributed by atoms with E-state index >= 15 is 0 Å². The first-order valence-corrected chi connectivity index (χ1v) is 11.8. The van der Waals surface area contributed by atoms with Crippen molar-refractivity contribution in [2.75, 3.05) is 19.0 Å². The number of H-pyrrole nitrogens is 1. The van der Waals surface area contributed by atoms with Gasteiger partial charge in [0.1, 0.15) is 11.4 Å². The number of nitrogens with one attached hydrogen (secondary N) is 3. The summed E-state index contributed by atoms with van der Waals surface area (Å²) in [5.41, 5.74) is 7.56. The highest BCUT2D eigenvalue weighted by atomic mass is 16.5. The largest absolute Gasteiger partial charge is 0.497 e. The lowest BCUT2D eigenvalue weighted by atomic mass is 10.0. The number of anilines is 1. The first kappa shape index (κ1) is 24.0. The number of carbonyl (C=O) groups excluding carboxylic acids is 3. The summed E-state index contributed by atoms with van der Waals surface area (Å²) in [7, 11) is 1.59. The van der Waals surface area contributed by atoms with Crippen LogP contribution in [0.2, 0.25) is 0 Å². The lowest BCUT2D eigenvalue weighted by molar-refractivity contribution is -0.128. The molecule has 0 aliphatic heterocycles. The van der Waals surface area contributed by atoms with Crippen molar-refractivity contribution in [2.45, 2.75) is 13.3 Å². The quantitative estimate of drug-likeness (QED) is 0.288. The van der Waals surface area contributed by atoms with Crippen molar-refractivity contribution < 1.29 is 19.1 Å². The van der Waals surface area contributed by atoms with Crippen molar-refractivity contribution in [2.24, 2.45) is 0 Å². The molecule has 3 amide bonds. The standard InChI is InChI=1S/C28H25N5O4/c1-17(34)33(29-16-15-18-7-4-3-5-8-18)28(36)30-22-10-6-9-21-23(22)27(35)24-25(31-32-26(21)24)19-11-13-20(37-2)14-12-19/h3-14,29H,15-16H2,1-2H3,(H,30,36)(H,31,32). The number of nitrogens with zero attached hydrogens (tertiary/aromatic N) is 2. The highest BCUT2D eigenvalue weighted by molar-refractivity contribution is 6.27. The monoisotopic (exact) mass is 495 g/mol. The van der Waals surface area contributed by atoms with Crippen LogP contribution in [-0.2, 0) is 11.2 Å². The first-order valence-electron chi connectivity index (χ1n) is 11.8. The number of aromatic amines is 1. The summed E-state index contributed by atoms with van der Waals surface area (Å²) in [5, 5.41) is 11.0. The van der Waals surface area contributed by atoms with Crippen molar-refractivity contribution >= 4 is 23.4 Å². The van der Waals surface area contributed by atoms with Crippen LogP contribution in [0.5, 0.6) is 5.75 Å². The van der Waals surface area contributed by atoms with Crippen LogP contribution in [-0.4, -0.2) is 46.6 Å². The molecule has 186 valence electrons. The first-order chi connectivity index (χ1) is 18.0. The summed E-state index contributed by atoms with van der Waals surface area (Å²) in [6.45, 7) is 1.68. The van der Waals surface area contributed by atoms with Gasteiger partial charge in [-0.3, -0.25) is 14.7 Å². The second kappa shape index (κ2) is 10.1. The molecule has 1 aliphatic rings. The highest BCUT2D eigenvalue weighted by Crippen LogP contribution is 2.43. The third-order valence-corrected chi connectivity index (χ3v) is 6.20. The fourth-order valence-corrected chi connectivity index (χ4v) is 4.40. The van der Waals surface area contributed by atoms with Crippen molar-refractivity contribution in [1.82, 2.24) is 20.6 Å². The number of urea groups is 1. The van der Waals surface area contributed by atoms with Gasteiger partial charge in [-0.05, 0) is 42.3 Å². The average molecular weight is 496 g/mol. The minimum absolute atomic E-state index is 0.258. The maximum absolute atomic E-state index is 13.6. The summed E-state index contributed by atoms with van der Waals surface area (Å²) in [6.07, 6.45) is 0.632. The Bertz CT molecular complexity index is 1480. The van der Waals surface area contributed by atoms with Crippen molar-refractivity contribution in [3.05, 3.63) is 89.5 Å². The maximum atomic E-state index is 13.6. The van der Waals surface area contributed by atoms with Crippen LogP contribution >= 0.6 is 0 Å². The van der Waals surface area contributed by atoms with Crippen LogP contribution in [0.4, 0.5) is 10.5 Å². The molecule has 0 saturated carbocycles. The number of fused-ring (bicyclic) bond motifs is 3. The van der Waals surface area contributed by atoms with Crippen LogP contribution in [0.1, 0.15) is 28.4 Å². The third kappa shape index (κ3) is 4.60. The van der Waals surface area contributed by atoms with E-state index in [4.69, 9.17) is 4.74 Å². The smallest absolute Gasteiger partial charge is 0.343 e. The second-order valence-corrected chi connectivity index (χ2v) is 8.54. The van der Waals surface area contributed by atoms with Crippen LogP contribution in [0.25, 0.3) is 22.5 Å². The zero-order chi connectivity index (χ0) is 25.9. The van der Waals surface area contributed by atoms with Crippen molar-refractivity contribution in [3.8, 4) is 28.3 Å². The third-order valence-electron chi connectivity index (χ3n) is 6.20. The minimum atomic E-state index is -0.675. The number of methoxy groups -OCH3 is 1. The fraction of sp³-hybridized carbons (Fsp3) is 0.143. The number of ether oxygens (including phenoxy) is 1. The molecular weight excluding hydrogens is 470 g/mol. The average Bonchev–Trinajstić information content (AvgIpc) is 3.47. The summed E-state index contributed by atoms with van der Waals surface area (Å²) in [5.74, 6) is -0.0319. The van der Waals surface area contributed by atoms with Crippen LogP contribution < -0.4 is 15.5 Å². The van der Waals surface area contributed by atoms with E-state index in [-0.39, 0.29) is 5.78 Å². The van der Waals surface area contributed by atoms with Crippen LogP contribution in [0.3, 0.4) is 0 Å². The van der Waals surface area contributed by atoms with Crippen molar-refractivity contribution in [3.63, 3.8) is 0 Å². The molecule has 5 rings (SSSR count). The van der Waals surface area contributed by atoms with E-state index in [1.807, 2.05) is 42.5 Å². The summed E-state index contributed by atoms with van der Waals surface area (Å²) >= 11 is 0. The Kier molecular flexibility index (Phi) is 6.53. The lowest BCUT2D eigenvalue weighted by Gasteiger charge is -2.21. The number of imide groups is 1. The van der Waals surface area contributed by atoms with Gasteiger partial charge in [0.05, 0.1) is 29.6 Å². The lowest BCUT2D eigenvalue weighted by Crippen LogP contribution is -2.49. The molecule has 9 heteroatoms. The summed E-state index contributed by atoms with van der Waals surface area (Å²) < 4.78 is 5.22. The predicted octanol–water partition coefficient (Wildman–Crippen LogP) is 4.42. The zero-order valence-electron chi connectivity index (χ0n) is 20.4. The molecule has 1 aromatic heterocycles. The molecule has 0 radical (unpaired) electrons. The molecule has 0 atom stereocenters. The predicted molar refractivity (Wildman–Crippen MR) is 139 cm³/mol. The van der Waals surface area contributed by atoms with E-state index in [2.05, 4.69) is 20.9 Å². The molecule has 9 nitrogen and oxygen atoms in total. The molecule has 0 saturated heterocycles. The normalized spacial score (nSPS) is 11.6. The van der Waals surface area contributed by atoms with Gasteiger partial charge >= 0.3 is 6.03 Å². The Morgan fingerprint density at radius 1 is 0.973 bits per heavy atom. The summed E-state index contributed by atoms with van der Waals surface area (Å²) in [6, 6.07) is 21.5. The molecule has 1 aliphatic carbocycles. The highest BCUT2D eigenvalue weighted by Gasteiger charge is 2.35. The van der Waals surface area contributed by atoms with Crippen molar-refractivity contribution in [1.29, 1.82) is 0 Å². The Labute approximate surface area is 213 Å². The number of benzene rings is 3. The van der Waals surface area contributed by atoms with Gasteiger partial charge in [0.15, 0.2) is 5.78 Å². The van der Waals surface area contributed by atoms with E-state index in [1.165, 1.54) is 6.92 Å². The topological polar surface area (TPSA) is 116 Å². The van der Waals surface area contributed by atoms with E-state index in [1.54, 1.807) is 37.4 Å². The Balaban J connectivity index is 1.36. The molecule has 0 bridgehead atoms. The second-order valence-electron chi connectivity index (χ2n) is 8.54. The molecular formula is C28H25N5O4. The van der Waals surface area contributed by atoms with Gasteiger partial charge in [0, 0.05) is 24.6 Å². The molecule has 0 spiro atoms. The van der Waals surface area contributed by atoms with E-state index in [0.717, 1.165) is 16.1 Å². The molecule has 1 heterocycles. The summed E-state index contributed by atoms with van der Waals surface area (Å²) in [4.78, 5) is 38.8. The van der Waals surface area contributed by atoms with Gasteiger partial charge in [0.25, 0.3) is 0 Å². The molecule has 3 aromatic carbocycles. The van der Waals surface area contributed by atoms with Gasteiger partial charge in [-0.15, -0.1) is 0 Å². The SMILES string of the molecule is COc1ccc(-c2n[nH]c3c2C(=O)c2c(NC(=O)N(NCCc4ccccc4)C(C)=O)cccc2-3)cc1. The molecule has 0 fully saturated rings. The Morgan fingerprint density at radius 2 is 1.73 bits per heavy atom. The van der Waals surface area contributed by atoms with Gasteiger partial charge in [-0.1, -0.05) is 42.5 Å². The molecule has 3 N–H and O–H groups in total. The Morgan fingerprint density at radius 3 is 2.43 bits per heavy atom. The fourth-order valence-electron chi connectivity index (χ4n) is 4.40. The van der Waals surface area contributed by atoms with Gasteiger partial charge < -0.3 is 10.1 Å². The molecule has 4 aromatic rings. The minimum Gasteiger partial charge on any atom is -0.497 e. The number of aromatic nitrogens is 2. The van der Waals surface area contributed by atoms with Gasteiger partial charge in [-0.25, -0.2) is 10.2 Å². The Hall–Kier alpha value is -4.76. The van der Waals surface area contributed by atoms with E-state index in [9.17, 15) is 14.4 Å². The zero-order valence-corrected chi connectivity index (χ0v) is 20.4. The number of rotatable bonds is 7. The maximum Gasteiger partial charge on any atom is 0.343 e. The van der Waals surface area contributed by atoms with Crippen LogP contribution in [0.15, 0.2) is 72.8 Å². The number of hydrogen-bond acceptors (Lipinski definition) is 6. The number of hydrogen-bond donors (Lipinski definition) is 3. The number of carbonyl (C=O) groups is 3. The van der Waals surface area contributed by atoms with E-state index in [0.29, 0.717) is 52.5 Å². The van der Waals surface area contributed by atoms with Gasteiger partial charge in [0.2, 0.25) is 5.91 Å². The number of amides is 3. The molecule has 37 heavy (non-hydrogen) atoms. The van der Waals surface area contributed by atoms with Crippen LogP contribution in [0, 0.1) is 0 Å². The number of hydrazine groups is 1. The van der Waals surface area contributed by atoms with E-state index < -0.39 is 11.9 Å².